The Morgan fingerprint density at radius 1 is 0.838 bits per heavy atom. The van der Waals surface area contributed by atoms with Gasteiger partial charge in [0.1, 0.15) is 11.6 Å². The molecule has 2 aliphatic heterocycles. The van der Waals surface area contributed by atoms with Gasteiger partial charge >= 0.3 is 6.09 Å². The van der Waals surface area contributed by atoms with E-state index in [-0.39, 0.29) is 0 Å². The molecule has 0 radical (unpaired) electrons. The molecule has 0 saturated carbocycles. The third-order valence-electron chi connectivity index (χ3n) is 6.78. The summed E-state index contributed by atoms with van der Waals surface area (Å²) in [6.07, 6.45) is 2.95. The minimum Gasteiger partial charge on any atom is -0.450 e. The molecule has 0 unspecified atom stereocenters. The number of piperazine rings is 2. The van der Waals surface area contributed by atoms with Crippen molar-refractivity contribution in [2.75, 3.05) is 79.8 Å². The first-order valence-electron chi connectivity index (χ1n) is 13.4. The predicted octanol–water partition coefficient (Wildman–Crippen LogP) is 3.37. The van der Waals surface area contributed by atoms with Crippen molar-refractivity contribution >= 4 is 29.1 Å². The molecule has 0 aromatic carbocycles. The summed E-state index contributed by atoms with van der Waals surface area (Å²) in [6.45, 7) is 19.5. The summed E-state index contributed by atoms with van der Waals surface area (Å²) >= 11 is 0. The zero-order chi connectivity index (χ0) is 26.8. The SMILES string of the molecule is CC(C)N1CCN(c2ccc(N)cn2)CC1.CCOC(=O)Nc1ccc(N2CCN(C(C)C)CC2)nc1. The summed E-state index contributed by atoms with van der Waals surface area (Å²) in [7, 11) is 0. The van der Waals surface area contributed by atoms with Crippen LogP contribution in [-0.4, -0.2) is 96.9 Å². The number of carbonyl (C=O) groups is 1. The fourth-order valence-corrected chi connectivity index (χ4v) is 4.45. The molecule has 0 spiro atoms. The molecule has 2 aromatic heterocycles. The van der Waals surface area contributed by atoms with Crippen molar-refractivity contribution in [3.05, 3.63) is 36.7 Å². The van der Waals surface area contributed by atoms with Crippen molar-refractivity contribution in [3.63, 3.8) is 0 Å². The summed E-state index contributed by atoms with van der Waals surface area (Å²) in [5, 5.41) is 2.64. The first-order chi connectivity index (χ1) is 17.8. The molecule has 0 bridgehead atoms. The molecule has 2 aliphatic rings. The molecule has 1 amide bonds. The number of carbonyl (C=O) groups excluding carboxylic acids is 1. The van der Waals surface area contributed by atoms with Gasteiger partial charge in [-0.3, -0.25) is 15.1 Å². The molecule has 4 rings (SSSR count). The van der Waals surface area contributed by atoms with Crippen molar-refractivity contribution in [3.8, 4) is 0 Å². The van der Waals surface area contributed by atoms with Crippen LogP contribution in [0.2, 0.25) is 0 Å². The quantitative estimate of drug-likeness (QED) is 0.603. The fourth-order valence-electron chi connectivity index (χ4n) is 4.45. The minimum atomic E-state index is -0.447. The Morgan fingerprint density at radius 2 is 1.32 bits per heavy atom. The lowest BCUT2D eigenvalue weighted by Gasteiger charge is -2.37. The number of hydrogen-bond donors (Lipinski definition) is 2. The van der Waals surface area contributed by atoms with Gasteiger partial charge in [0.2, 0.25) is 0 Å². The van der Waals surface area contributed by atoms with Crippen molar-refractivity contribution in [1.29, 1.82) is 0 Å². The number of rotatable bonds is 6. The monoisotopic (exact) mass is 512 g/mol. The highest BCUT2D eigenvalue weighted by Gasteiger charge is 2.20. The smallest absolute Gasteiger partial charge is 0.411 e. The van der Waals surface area contributed by atoms with E-state index in [0.29, 0.717) is 24.4 Å². The van der Waals surface area contributed by atoms with Gasteiger partial charge in [0.05, 0.1) is 30.4 Å². The lowest BCUT2D eigenvalue weighted by molar-refractivity contribution is 0.168. The van der Waals surface area contributed by atoms with E-state index in [0.717, 1.165) is 69.7 Å². The van der Waals surface area contributed by atoms with Gasteiger partial charge in [0, 0.05) is 64.4 Å². The highest BCUT2D eigenvalue weighted by atomic mass is 16.5. The van der Waals surface area contributed by atoms with Crippen LogP contribution in [0, 0.1) is 0 Å². The molecule has 2 aromatic rings. The second-order valence-electron chi connectivity index (χ2n) is 9.93. The van der Waals surface area contributed by atoms with E-state index >= 15 is 0 Å². The lowest BCUT2D eigenvalue weighted by atomic mass is 10.2. The second-order valence-corrected chi connectivity index (χ2v) is 9.93. The number of nitrogens with one attached hydrogen (secondary N) is 1. The maximum Gasteiger partial charge on any atom is 0.411 e. The fraction of sp³-hybridized carbons (Fsp3) is 0.593. The van der Waals surface area contributed by atoms with E-state index in [1.165, 1.54) is 0 Å². The summed E-state index contributed by atoms with van der Waals surface area (Å²) < 4.78 is 4.83. The average molecular weight is 513 g/mol. The van der Waals surface area contributed by atoms with E-state index < -0.39 is 6.09 Å². The molecule has 10 heteroatoms. The van der Waals surface area contributed by atoms with Crippen LogP contribution in [0.4, 0.5) is 27.8 Å². The molecular formula is C27H44N8O2. The summed E-state index contributed by atoms with van der Waals surface area (Å²) in [6, 6.07) is 8.94. The largest absolute Gasteiger partial charge is 0.450 e. The lowest BCUT2D eigenvalue weighted by Crippen LogP contribution is -2.49. The number of nitrogen functional groups attached to an aromatic ring is 1. The molecule has 10 nitrogen and oxygen atoms in total. The number of ether oxygens (including phenoxy) is 1. The van der Waals surface area contributed by atoms with Crippen LogP contribution in [0.15, 0.2) is 36.7 Å². The molecular weight excluding hydrogens is 468 g/mol. The highest BCUT2D eigenvalue weighted by molar-refractivity contribution is 5.84. The molecule has 2 fully saturated rings. The molecule has 2 saturated heterocycles. The van der Waals surface area contributed by atoms with Crippen LogP contribution in [0.5, 0.6) is 0 Å². The van der Waals surface area contributed by atoms with Crippen molar-refractivity contribution in [1.82, 2.24) is 19.8 Å². The van der Waals surface area contributed by atoms with Gasteiger partial charge in [0.25, 0.3) is 0 Å². The summed E-state index contributed by atoms with van der Waals surface area (Å²) in [5.41, 5.74) is 7.01. The number of nitrogens with zero attached hydrogens (tertiary/aromatic N) is 6. The second kappa shape index (κ2) is 14.0. The number of nitrogens with two attached hydrogens (primary N) is 1. The Kier molecular flexibility index (Phi) is 10.8. The van der Waals surface area contributed by atoms with Crippen LogP contribution < -0.4 is 20.9 Å². The van der Waals surface area contributed by atoms with Crippen LogP contribution in [0.25, 0.3) is 0 Å². The Labute approximate surface area is 221 Å². The maximum atomic E-state index is 11.3. The molecule has 3 N–H and O–H groups in total. The number of amides is 1. The van der Waals surface area contributed by atoms with E-state index in [1.54, 1.807) is 19.3 Å². The third kappa shape index (κ3) is 8.75. The molecule has 0 atom stereocenters. The highest BCUT2D eigenvalue weighted by Crippen LogP contribution is 2.18. The number of hydrogen-bond acceptors (Lipinski definition) is 9. The Bertz CT molecular complexity index is 936. The zero-order valence-corrected chi connectivity index (χ0v) is 23.1. The number of anilines is 4. The summed E-state index contributed by atoms with van der Waals surface area (Å²) in [5.74, 6) is 1.99. The Balaban J connectivity index is 0.000000213. The van der Waals surface area contributed by atoms with E-state index in [9.17, 15) is 4.79 Å². The number of aromatic nitrogens is 2. The van der Waals surface area contributed by atoms with E-state index in [4.69, 9.17) is 10.5 Å². The van der Waals surface area contributed by atoms with E-state index in [1.807, 2.05) is 24.3 Å². The van der Waals surface area contributed by atoms with Gasteiger partial charge in [-0.1, -0.05) is 0 Å². The van der Waals surface area contributed by atoms with Gasteiger partial charge in [-0.25, -0.2) is 14.8 Å². The minimum absolute atomic E-state index is 0.359. The zero-order valence-electron chi connectivity index (χ0n) is 23.1. The average Bonchev–Trinajstić information content (AvgIpc) is 2.90. The predicted molar refractivity (Wildman–Crippen MR) is 151 cm³/mol. The van der Waals surface area contributed by atoms with Crippen molar-refractivity contribution in [2.45, 2.75) is 46.7 Å². The van der Waals surface area contributed by atoms with Crippen molar-refractivity contribution in [2.24, 2.45) is 0 Å². The first-order valence-corrected chi connectivity index (χ1v) is 13.4. The first kappa shape index (κ1) is 28.5. The van der Waals surface area contributed by atoms with Gasteiger partial charge in [-0.05, 0) is 58.9 Å². The van der Waals surface area contributed by atoms with E-state index in [2.05, 4.69) is 62.6 Å². The van der Waals surface area contributed by atoms with Crippen LogP contribution in [0.1, 0.15) is 34.6 Å². The van der Waals surface area contributed by atoms with Gasteiger partial charge in [-0.2, -0.15) is 0 Å². The van der Waals surface area contributed by atoms with Crippen LogP contribution >= 0.6 is 0 Å². The molecule has 4 heterocycles. The number of pyridine rings is 2. The maximum absolute atomic E-state index is 11.3. The van der Waals surface area contributed by atoms with Gasteiger partial charge in [0.15, 0.2) is 0 Å². The summed E-state index contributed by atoms with van der Waals surface area (Å²) in [4.78, 5) is 29.6. The topological polar surface area (TPSA) is 103 Å². The standard InChI is InChI=1S/C15H24N4O2.C12H20N4/c1-4-21-15(20)17-13-5-6-14(16-11-13)19-9-7-18(8-10-19)12(2)3;1-10(2)15-5-7-16(8-6-15)12-4-3-11(13)9-14-12/h5-6,11-12H,4,7-10H2,1-3H3,(H,17,20);3-4,9-10H,5-8,13H2,1-2H3. The van der Waals surface area contributed by atoms with Gasteiger partial charge < -0.3 is 20.3 Å². The Morgan fingerprint density at radius 3 is 1.70 bits per heavy atom. The molecule has 204 valence electrons. The van der Waals surface area contributed by atoms with Crippen LogP contribution in [-0.2, 0) is 4.74 Å². The van der Waals surface area contributed by atoms with Crippen molar-refractivity contribution < 1.29 is 9.53 Å². The third-order valence-corrected chi connectivity index (χ3v) is 6.78. The Hall–Kier alpha value is -3.11. The van der Waals surface area contributed by atoms with Crippen LogP contribution in [0.3, 0.4) is 0 Å². The van der Waals surface area contributed by atoms with Gasteiger partial charge in [-0.15, -0.1) is 0 Å². The molecule has 37 heavy (non-hydrogen) atoms. The normalized spacial score (nSPS) is 16.9. The molecule has 0 aliphatic carbocycles.